The minimum absolute atomic E-state index is 0.367. The highest BCUT2D eigenvalue weighted by molar-refractivity contribution is 5.84. The Balaban J connectivity index is 2.25. The van der Waals surface area contributed by atoms with E-state index in [1.54, 1.807) is 0 Å². The molecule has 1 aliphatic carbocycles. The van der Waals surface area contributed by atoms with Crippen molar-refractivity contribution in [2.45, 2.75) is 6.42 Å². The Morgan fingerprint density at radius 1 is 1.20 bits per heavy atom. The zero-order valence-electron chi connectivity index (χ0n) is 8.20. The molecule has 1 aliphatic heterocycles. The number of rotatable bonds is 0. The molecule has 1 aromatic rings. The number of aliphatic hydroxyl groups is 1. The topological polar surface area (TPSA) is 32.3 Å². The summed E-state index contributed by atoms with van der Waals surface area (Å²) in [6, 6.07) is 7.78. The molecule has 0 saturated carbocycles. The second-order valence-electron chi connectivity index (χ2n) is 3.69. The molecule has 1 aromatic carbocycles. The van der Waals surface area contributed by atoms with E-state index in [1.807, 2.05) is 36.4 Å². The normalized spacial score (nSPS) is 17.7. The number of allylic oxidation sites excluding steroid dienone is 3. The molecule has 0 radical (unpaired) electrons. The molecule has 0 bridgehead atoms. The van der Waals surface area contributed by atoms with Crippen molar-refractivity contribution < 1.29 is 5.11 Å². The van der Waals surface area contributed by atoms with E-state index in [4.69, 9.17) is 0 Å². The smallest absolute Gasteiger partial charge is 0.134 e. The molecule has 0 spiro atoms. The Hall–Kier alpha value is -1.96. The zero-order valence-corrected chi connectivity index (χ0v) is 8.20. The Labute approximate surface area is 88.2 Å². The van der Waals surface area contributed by atoms with Gasteiger partial charge in [0.2, 0.25) is 0 Å². The lowest BCUT2D eigenvalue weighted by Gasteiger charge is -2.24. The fourth-order valence-electron chi connectivity index (χ4n) is 1.99. The van der Waals surface area contributed by atoms with Crippen LogP contribution in [-0.2, 0) is 0 Å². The number of fused-ring (bicyclic) bond motifs is 2. The van der Waals surface area contributed by atoms with Crippen molar-refractivity contribution in [2.75, 3.05) is 5.32 Å². The summed E-state index contributed by atoms with van der Waals surface area (Å²) >= 11 is 0. The molecule has 1 heterocycles. The summed E-state index contributed by atoms with van der Waals surface area (Å²) in [4.78, 5) is 0. The average Bonchev–Trinajstić information content (AvgIpc) is 2.30. The van der Waals surface area contributed by atoms with Gasteiger partial charge < -0.3 is 10.4 Å². The maximum atomic E-state index is 10.1. The van der Waals surface area contributed by atoms with Gasteiger partial charge in [-0.3, -0.25) is 0 Å². The van der Waals surface area contributed by atoms with Gasteiger partial charge in [0.25, 0.3) is 0 Å². The van der Waals surface area contributed by atoms with Crippen molar-refractivity contribution in [2.24, 2.45) is 0 Å². The highest BCUT2D eigenvalue weighted by Crippen LogP contribution is 2.35. The molecule has 0 atom stereocenters. The molecule has 0 amide bonds. The summed E-state index contributed by atoms with van der Waals surface area (Å²) in [5.74, 6) is 0.367. The summed E-state index contributed by atoms with van der Waals surface area (Å²) in [6.45, 7) is 0. The largest absolute Gasteiger partial charge is 0.507 e. The van der Waals surface area contributed by atoms with Gasteiger partial charge in [0.15, 0.2) is 0 Å². The molecule has 74 valence electrons. The molecular weight excluding hydrogens is 186 g/mol. The Morgan fingerprint density at radius 2 is 2.07 bits per heavy atom. The van der Waals surface area contributed by atoms with E-state index in [0.717, 1.165) is 28.9 Å². The van der Waals surface area contributed by atoms with Crippen LogP contribution in [0.4, 0.5) is 5.69 Å². The molecule has 15 heavy (non-hydrogen) atoms. The van der Waals surface area contributed by atoms with Crippen LogP contribution in [0.25, 0.3) is 5.76 Å². The number of hydrogen-bond donors (Lipinski definition) is 2. The van der Waals surface area contributed by atoms with E-state index in [-0.39, 0.29) is 0 Å². The zero-order chi connectivity index (χ0) is 10.3. The summed E-state index contributed by atoms with van der Waals surface area (Å²) in [5, 5.41) is 13.4. The van der Waals surface area contributed by atoms with Gasteiger partial charge in [0.05, 0.1) is 0 Å². The SMILES string of the molecule is OC1=C2C=CCC=C2Nc2ccccc21. The van der Waals surface area contributed by atoms with Gasteiger partial charge in [0, 0.05) is 22.5 Å². The lowest BCUT2D eigenvalue weighted by Crippen LogP contribution is -2.12. The van der Waals surface area contributed by atoms with Crippen molar-refractivity contribution in [1.82, 2.24) is 0 Å². The Bertz CT molecular complexity index is 509. The van der Waals surface area contributed by atoms with E-state index in [2.05, 4.69) is 11.4 Å². The summed E-state index contributed by atoms with van der Waals surface area (Å²) in [7, 11) is 0. The van der Waals surface area contributed by atoms with Crippen LogP contribution in [0, 0.1) is 0 Å². The molecule has 0 fully saturated rings. The van der Waals surface area contributed by atoms with Crippen LogP contribution >= 0.6 is 0 Å². The van der Waals surface area contributed by atoms with E-state index >= 15 is 0 Å². The van der Waals surface area contributed by atoms with Crippen molar-refractivity contribution in [3.8, 4) is 0 Å². The lowest BCUT2D eigenvalue weighted by molar-refractivity contribution is 0.508. The average molecular weight is 197 g/mol. The van der Waals surface area contributed by atoms with Crippen LogP contribution in [-0.4, -0.2) is 5.11 Å². The standard InChI is InChI=1S/C13H11NO/c15-13-9-5-1-3-7-11(9)14-12-8-4-2-6-10(12)13/h1-3,5-8,14-15H,4H2. The minimum Gasteiger partial charge on any atom is -0.507 e. The number of nitrogens with one attached hydrogen (secondary N) is 1. The second kappa shape index (κ2) is 3.02. The fraction of sp³-hybridized carbons (Fsp3) is 0.0769. The summed E-state index contributed by atoms with van der Waals surface area (Å²) in [5.41, 5.74) is 3.74. The van der Waals surface area contributed by atoms with Gasteiger partial charge in [-0.25, -0.2) is 0 Å². The van der Waals surface area contributed by atoms with Crippen LogP contribution in [0.3, 0.4) is 0 Å². The van der Waals surface area contributed by atoms with Crippen LogP contribution in [0.2, 0.25) is 0 Å². The van der Waals surface area contributed by atoms with E-state index in [9.17, 15) is 5.11 Å². The van der Waals surface area contributed by atoms with Crippen molar-refractivity contribution in [3.05, 3.63) is 59.3 Å². The maximum absolute atomic E-state index is 10.1. The maximum Gasteiger partial charge on any atom is 0.134 e. The van der Waals surface area contributed by atoms with Crippen LogP contribution in [0.1, 0.15) is 12.0 Å². The minimum atomic E-state index is 0.367. The van der Waals surface area contributed by atoms with E-state index in [0.29, 0.717) is 5.76 Å². The lowest BCUT2D eigenvalue weighted by atomic mass is 9.96. The van der Waals surface area contributed by atoms with E-state index < -0.39 is 0 Å². The Morgan fingerprint density at radius 3 is 3.00 bits per heavy atom. The first-order chi connectivity index (χ1) is 7.36. The van der Waals surface area contributed by atoms with Crippen molar-refractivity contribution in [1.29, 1.82) is 0 Å². The van der Waals surface area contributed by atoms with Gasteiger partial charge in [-0.05, 0) is 18.6 Å². The predicted molar refractivity (Wildman–Crippen MR) is 61.5 cm³/mol. The van der Waals surface area contributed by atoms with Gasteiger partial charge in [-0.2, -0.15) is 0 Å². The fourth-order valence-corrected chi connectivity index (χ4v) is 1.99. The number of para-hydroxylation sites is 1. The monoisotopic (exact) mass is 197 g/mol. The van der Waals surface area contributed by atoms with E-state index in [1.165, 1.54) is 0 Å². The third-order valence-electron chi connectivity index (χ3n) is 2.74. The highest BCUT2D eigenvalue weighted by atomic mass is 16.3. The molecule has 0 aromatic heterocycles. The third-order valence-corrected chi connectivity index (χ3v) is 2.74. The van der Waals surface area contributed by atoms with Crippen LogP contribution in [0.15, 0.2) is 53.8 Å². The molecule has 2 aliphatic rings. The first-order valence-corrected chi connectivity index (χ1v) is 5.03. The summed E-state index contributed by atoms with van der Waals surface area (Å²) < 4.78 is 0. The molecule has 0 unspecified atom stereocenters. The van der Waals surface area contributed by atoms with Gasteiger partial charge in [-0.15, -0.1) is 0 Å². The predicted octanol–water partition coefficient (Wildman–Crippen LogP) is 3.23. The number of aliphatic hydroxyl groups excluding tert-OH is 1. The Kier molecular flexibility index (Phi) is 1.68. The van der Waals surface area contributed by atoms with Gasteiger partial charge in [0.1, 0.15) is 5.76 Å². The second-order valence-corrected chi connectivity index (χ2v) is 3.69. The molecule has 3 rings (SSSR count). The highest BCUT2D eigenvalue weighted by Gasteiger charge is 2.20. The van der Waals surface area contributed by atoms with Crippen LogP contribution in [0.5, 0.6) is 0 Å². The van der Waals surface area contributed by atoms with Gasteiger partial charge in [-0.1, -0.05) is 30.4 Å². The van der Waals surface area contributed by atoms with Crippen molar-refractivity contribution in [3.63, 3.8) is 0 Å². The summed E-state index contributed by atoms with van der Waals surface area (Å²) in [6.07, 6.45) is 7.01. The quantitative estimate of drug-likeness (QED) is 0.669. The third kappa shape index (κ3) is 1.18. The number of anilines is 1. The number of hydrogen-bond acceptors (Lipinski definition) is 2. The van der Waals surface area contributed by atoms with Crippen LogP contribution < -0.4 is 5.32 Å². The first-order valence-electron chi connectivity index (χ1n) is 5.03. The molecular formula is C13H11NO. The molecule has 2 heteroatoms. The first kappa shape index (κ1) is 8.36. The molecule has 2 N–H and O–H groups in total. The van der Waals surface area contributed by atoms with Gasteiger partial charge >= 0.3 is 0 Å². The molecule has 2 nitrogen and oxygen atoms in total. The van der Waals surface area contributed by atoms with Crippen molar-refractivity contribution >= 4 is 11.4 Å². The number of benzene rings is 1. The molecule has 0 saturated heterocycles.